The summed E-state index contributed by atoms with van der Waals surface area (Å²) in [5, 5.41) is 2.59. The Morgan fingerprint density at radius 3 is 2.33 bits per heavy atom. The number of hydrogen-bond acceptors (Lipinski definition) is 7. The molecule has 1 aromatic heterocycles. The van der Waals surface area contributed by atoms with Crippen LogP contribution in [0.25, 0.3) is 10.9 Å². The van der Waals surface area contributed by atoms with Crippen LogP contribution in [0.4, 0.5) is 9.18 Å². The fraction of sp³-hybridized carbons (Fsp3) is 0.273. The molecule has 176 valence electrons. The van der Waals surface area contributed by atoms with Gasteiger partial charge >= 0.3 is 12.1 Å². The average Bonchev–Trinajstić information content (AvgIpc) is 3.21. The lowest BCUT2D eigenvalue weighted by Gasteiger charge is -2.28. The van der Waals surface area contributed by atoms with E-state index in [2.05, 4.69) is 10.1 Å². The van der Waals surface area contributed by atoms with E-state index in [1.807, 2.05) is 0 Å². The maximum absolute atomic E-state index is 14.3. The lowest BCUT2D eigenvalue weighted by atomic mass is 9.91. The third kappa shape index (κ3) is 4.49. The quantitative estimate of drug-likeness (QED) is 0.495. The van der Waals surface area contributed by atoms with Crippen LogP contribution in [0.5, 0.6) is 5.75 Å². The number of amides is 1. The van der Waals surface area contributed by atoms with Crippen molar-refractivity contribution in [1.82, 2.24) is 9.29 Å². The van der Waals surface area contributed by atoms with E-state index in [1.54, 1.807) is 36.4 Å². The average molecular weight is 478 g/mol. The van der Waals surface area contributed by atoms with E-state index >= 15 is 0 Å². The first-order valence-electron chi connectivity index (χ1n) is 9.71. The molecule has 33 heavy (non-hydrogen) atoms. The van der Waals surface area contributed by atoms with Crippen molar-refractivity contribution in [3.05, 3.63) is 60.3 Å². The molecule has 0 aliphatic carbocycles. The second-order valence-electron chi connectivity index (χ2n) is 7.15. The van der Waals surface area contributed by atoms with Crippen molar-refractivity contribution < 1.29 is 36.6 Å². The number of hydrogen-bond donors (Lipinski definition) is 1. The minimum atomic E-state index is -4.03. The number of alkyl carbamates (subject to hydrolysis) is 1. The molecule has 2 aromatic carbocycles. The molecule has 0 saturated carbocycles. The van der Waals surface area contributed by atoms with E-state index in [4.69, 9.17) is 9.47 Å². The van der Waals surface area contributed by atoms with Crippen LogP contribution in [0.2, 0.25) is 0 Å². The number of ether oxygens (including phenoxy) is 3. The maximum Gasteiger partial charge on any atom is 0.407 e. The number of alkyl halides is 1. The van der Waals surface area contributed by atoms with E-state index in [1.165, 1.54) is 25.4 Å². The Labute approximate surface area is 190 Å². The molecule has 0 radical (unpaired) electrons. The van der Waals surface area contributed by atoms with Crippen molar-refractivity contribution in [3.8, 4) is 5.75 Å². The SMILES string of the molecule is COC(=O)N[C@](CF)(Cc1cn(S(=O)(=O)c2ccccc2)c2ccc(OC)cc12)C(=O)OC. The molecule has 11 heteroatoms. The topological polar surface area (TPSA) is 113 Å². The molecule has 9 nitrogen and oxygen atoms in total. The van der Waals surface area contributed by atoms with Gasteiger partial charge in [0.15, 0.2) is 5.54 Å². The molecule has 1 amide bonds. The molecule has 1 atom stereocenters. The Morgan fingerprint density at radius 2 is 1.76 bits per heavy atom. The van der Waals surface area contributed by atoms with Gasteiger partial charge in [-0.25, -0.2) is 26.4 Å². The second kappa shape index (κ2) is 9.49. The Bertz CT molecular complexity index is 1270. The maximum atomic E-state index is 14.3. The number of carbonyl (C=O) groups is 2. The molecular weight excluding hydrogens is 455 g/mol. The molecule has 3 aromatic rings. The summed E-state index contributed by atoms with van der Waals surface area (Å²) in [5.41, 5.74) is -1.59. The van der Waals surface area contributed by atoms with Crippen molar-refractivity contribution >= 4 is 33.0 Å². The van der Waals surface area contributed by atoms with E-state index in [0.29, 0.717) is 11.1 Å². The van der Waals surface area contributed by atoms with Crippen LogP contribution in [0, 0.1) is 0 Å². The highest BCUT2D eigenvalue weighted by atomic mass is 32.2. The summed E-state index contributed by atoms with van der Waals surface area (Å²) in [4.78, 5) is 24.4. The summed E-state index contributed by atoms with van der Waals surface area (Å²) in [6.45, 7) is -1.32. The first-order chi connectivity index (χ1) is 15.7. The number of rotatable bonds is 8. The van der Waals surface area contributed by atoms with Gasteiger partial charge in [0.1, 0.15) is 12.4 Å². The van der Waals surface area contributed by atoms with Crippen LogP contribution in [0.1, 0.15) is 5.56 Å². The Balaban J connectivity index is 2.24. The van der Waals surface area contributed by atoms with Gasteiger partial charge in [0, 0.05) is 18.0 Å². The van der Waals surface area contributed by atoms with Gasteiger partial charge in [-0.3, -0.25) is 0 Å². The molecule has 0 unspecified atom stereocenters. The number of carbonyl (C=O) groups excluding carboxylic acids is 2. The number of methoxy groups -OCH3 is 3. The second-order valence-corrected chi connectivity index (χ2v) is 8.97. The first-order valence-corrected chi connectivity index (χ1v) is 11.2. The lowest BCUT2D eigenvalue weighted by Crippen LogP contribution is -2.58. The number of aromatic nitrogens is 1. The standard InChI is InChI=1S/C22H23FN2O7S/c1-30-16-9-10-19-18(11-16)15(12-22(14-23,20(26)31-2)24-21(27)32-3)13-25(19)33(28,29)17-7-5-4-6-8-17/h4-11,13H,12,14H2,1-3H3,(H,24,27)/t22-/m0/s1. The molecule has 0 aliphatic heterocycles. The van der Waals surface area contributed by atoms with Crippen LogP contribution in [0.3, 0.4) is 0 Å². The van der Waals surface area contributed by atoms with Crippen molar-refractivity contribution in [3.63, 3.8) is 0 Å². The monoisotopic (exact) mass is 478 g/mol. The first kappa shape index (κ1) is 24.1. The number of nitrogens with zero attached hydrogens (tertiary/aromatic N) is 1. The highest BCUT2D eigenvalue weighted by Gasteiger charge is 2.43. The van der Waals surface area contributed by atoms with Gasteiger partial charge in [-0.05, 0) is 35.9 Å². The number of halogens is 1. The number of benzene rings is 2. The zero-order chi connectivity index (χ0) is 24.2. The summed E-state index contributed by atoms with van der Waals surface area (Å²) < 4.78 is 56.5. The van der Waals surface area contributed by atoms with E-state index in [-0.39, 0.29) is 16.0 Å². The lowest BCUT2D eigenvalue weighted by molar-refractivity contribution is -0.149. The molecule has 0 spiro atoms. The molecular formula is C22H23FN2O7S. The van der Waals surface area contributed by atoms with Gasteiger partial charge in [-0.15, -0.1) is 0 Å². The minimum absolute atomic E-state index is 0.0432. The fourth-order valence-corrected chi connectivity index (χ4v) is 4.90. The number of nitrogens with one attached hydrogen (secondary N) is 1. The van der Waals surface area contributed by atoms with Crippen molar-refractivity contribution in [1.29, 1.82) is 0 Å². The van der Waals surface area contributed by atoms with Crippen LogP contribution in [-0.4, -0.2) is 58.0 Å². The normalized spacial score (nSPS) is 13.2. The summed E-state index contributed by atoms with van der Waals surface area (Å²) in [5.74, 6) is -0.631. The summed E-state index contributed by atoms with van der Waals surface area (Å²) in [6, 6.07) is 12.5. The van der Waals surface area contributed by atoms with Gasteiger partial charge in [-0.2, -0.15) is 0 Å². The van der Waals surface area contributed by atoms with E-state index in [0.717, 1.165) is 18.2 Å². The number of esters is 1. The third-order valence-corrected chi connectivity index (χ3v) is 6.87. The zero-order valence-corrected chi connectivity index (χ0v) is 19.0. The molecule has 0 saturated heterocycles. The molecule has 3 rings (SSSR count). The minimum Gasteiger partial charge on any atom is -0.497 e. The fourth-order valence-electron chi connectivity index (χ4n) is 3.49. The highest BCUT2D eigenvalue weighted by molar-refractivity contribution is 7.90. The molecule has 0 fully saturated rings. The van der Waals surface area contributed by atoms with Gasteiger partial charge in [0.05, 0.1) is 31.7 Å². The smallest absolute Gasteiger partial charge is 0.407 e. The van der Waals surface area contributed by atoms with Crippen molar-refractivity contribution in [2.45, 2.75) is 16.9 Å². The van der Waals surface area contributed by atoms with Gasteiger partial charge in [0.2, 0.25) is 0 Å². The predicted octanol–water partition coefficient (Wildman–Crippen LogP) is 2.67. The van der Waals surface area contributed by atoms with Crippen LogP contribution < -0.4 is 10.1 Å². The van der Waals surface area contributed by atoms with Crippen molar-refractivity contribution in [2.75, 3.05) is 28.0 Å². The Morgan fingerprint density at radius 1 is 1.06 bits per heavy atom. The summed E-state index contributed by atoms with van der Waals surface area (Å²) >= 11 is 0. The third-order valence-electron chi connectivity index (χ3n) is 5.18. The molecule has 0 aliphatic rings. The van der Waals surface area contributed by atoms with E-state index in [9.17, 15) is 22.4 Å². The molecule has 1 heterocycles. The summed E-state index contributed by atoms with van der Waals surface area (Å²) in [7, 11) is -0.462. The summed E-state index contributed by atoms with van der Waals surface area (Å²) in [6.07, 6.45) is -0.165. The van der Waals surface area contributed by atoms with Crippen LogP contribution in [-0.2, 0) is 30.7 Å². The van der Waals surface area contributed by atoms with Gasteiger partial charge < -0.3 is 19.5 Å². The Hall–Kier alpha value is -3.60. The predicted molar refractivity (Wildman–Crippen MR) is 117 cm³/mol. The zero-order valence-electron chi connectivity index (χ0n) is 18.2. The van der Waals surface area contributed by atoms with Gasteiger partial charge in [0.25, 0.3) is 10.0 Å². The molecule has 1 N–H and O–H groups in total. The number of fused-ring (bicyclic) bond motifs is 1. The highest BCUT2D eigenvalue weighted by Crippen LogP contribution is 2.32. The van der Waals surface area contributed by atoms with Crippen LogP contribution >= 0.6 is 0 Å². The van der Waals surface area contributed by atoms with Gasteiger partial charge in [-0.1, -0.05) is 18.2 Å². The van der Waals surface area contributed by atoms with Crippen LogP contribution in [0.15, 0.2) is 59.6 Å². The molecule has 0 bridgehead atoms. The van der Waals surface area contributed by atoms with Crippen molar-refractivity contribution in [2.24, 2.45) is 0 Å². The Kier molecular flexibility index (Phi) is 6.92. The van der Waals surface area contributed by atoms with E-state index < -0.39 is 40.7 Å². The largest absolute Gasteiger partial charge is 0.497 e.